The summed E-state index contributed by atoms with van der Waals surface area (Å²) < 4.78 is 5.52. The van der Waals surface area contributed by atoms with Crippen LogP contribution >= 0.6 is 0 Å². The minimum absolute atomic E-state index is 0.186. The lowest BCUT2D eigenvalue weighted by molar-refractivity contribution is 0.0451. The smallest absolute Gasteiger partial charge is 0.122 e. The third-order valence-electron chi connectivity index (χ3n) is 4.59. The topological polar surface area (TPSA) is 41.5 Å². The molecule has 104 valence electrons. The number of nitrogens with one attached hydrogen (secondary N) is 1. The maximum atomic E-state index is 9.40. The van der Waals surface area contributed by atoms with Crippen LogP contribution < -0.4 is 10.1 Å². The summed E-state index contributed by atoms with van der Waals surface area (Å²) in [6.45, 7) is 3.10. The third-order valence-corrected chi connectivity index (χ3v) is 4.59. The van der Waals surface area contributed by atoms with Crippen molar-refractivity contribution in [3.63, 3.8) is 0 Å². The van der Waals surface area contributed by atoms with Crippen LogP contribution in [0.15, 0.2) is 18.2 Å². The van der Waals surface area contributed by atoms with Gasteiger partial charge in [-0.3, -0.25) is 0 Å². The van der Waals surface area contributed by atoms with Crippen molar-refractivity contribution in [2.24, 2.45) is 5.41 Å². The van der Waals surface area contributed by atoms with Gasteiger partial charge in [-0.2, -0.15) is 0 Å². The zero-order chi connectivity index (χ0) is 13.1. The van der Waals surface area contributed by atoms with Crippen LogP contribution in [-0.4, -0.2) is 31.4 Å². The maximum absolute atomic E-state index is 9.40. The van der Waals surface area contributed by atoms with Crippen molar-refractivity contribution in [2.75, 3.05) is 26.3 Å². The molecule has 0 aromatic heterocycles. The van der Waals surface area contributed by atoms with Crippen LogP contribution in [0.5, 0.6) is 5.75 Å². The molecular weight excluding hydrogens is 238 g/mol. The fourth-order valence-corrected chi connectivity index (χ4v) is 3.05. The van der Waals surface area contributed by atoms with Crippen LogP contribution in [0.1, 0.15) is 30.4 Å². The summed E-state index contributed by atoms with van der Waals surface area (Å²) in [6.07, 6.45) is 5.71. The summed E-state index contributed by atoms with van der Waals surface area (Å²) >= 11 is 0. The number of fused-ring (bicyclic) bond motifs is 1. The highest BCUT2D eigenvalue weighted by Crippen LogP contribution is 2.39. The van der Waals surface area contributed by atoms with Crippen LogP contribution in [-0.2, 0) is 12.8 Å². The number of hydrogen-bond donors (Lipinski definition) is 2. The van der Waals surface area contributed by atoms with Crippen LogP contribution in [0, 0.1) is 5.41 Å². The maximum Gasteiger partial charge on any atom is 0.122 e. The van der Waals surface area contributed by atoms with E-state index in [1.165, 1.54) is 30.4 Å². The zero-order valence-electron chi connectivity index (χ0n) is 11.5. The van der Waals surface area contributed by atoms with Crippen molar-refractivity contribution in [1.82, 2.24) is 5.32 Å². The summed E-state index contributed by atoms with van der Waals surface area (Å²) in [4.78, 5) is 0. The number of aliphatic hydroxyl groups is 1. The molecule has 1 aliphatic carbocycles. The van der Waals surface area contributed by atoms with Gasteiger partial charge >= 0.3 is 0 Å². The first-order chi connectivity index (χ1) is 9.31. The van der Waals surface area contributed by atoms with E-state index in [-0.39, 0.29) is 5.41 Å². The van der Waals surface area contributed by atoms with Crippen molar-refractivity contribution in [1.29, 1.82) is 0 Å². The molecule has 1 aromatic carbocycles. The van der Waals surface area contributed by atoms with E-state index in [0.29, 0.717) is 6.61 Å². The van der Waals surface area contributed by atoms with Gasteiger partial charge in [0.05, 0.1) is 6.61 Å². The average Bonchev–Trinajstić information content (AvgIpc) is 2.84. The van der Waals surface area contributed by atoms with Crippen molar-refractivity contribution in [3.05, 3.63) is 29.3 Å². The summed E-state index contributed by atoms with van der Waals surface area (Å²) in [5.41, 5.74) is 2.91. The van der Waals surface area contributed by atoms with Gasteiger partial charge in [-0.25, -0.2) is 0 Å². The molecule has 3 nitrogen and oxygen atoms in total. The van der Waals surface area contributed by atoms with E-state index in [2.05, 4.69) is 23.5 Å². The molecule has 19 heavy (non-hydrogen) atoms. The third kappa shape index (κ3) is 2.77. The molecule has 1 fully saturated rings. The lowest BCUT2D eigenvalue weighted by Crippen LogP contribution is -2.43. The van der Waals surface area contributed by atoms with Gasteiger partial charge in [0.1, 0.15) is 5.75 Å². The van der Waals surface area contributed by atoms with E-state index >= 15 is 0 Å². The molecule has 0 radical (unpaired) electrons. The molecule has 2 N–H and O–H groups in total. The molecular formula is C16H23NO2. The minimum atomic E-state index is 0.186. The Morgan fingerprint density at radius 1 is 1.32 bits per heavy atom. The first kappa shape index (κ1) is 12.9. The Hall–Kier alpha value is -1.06. The van der Waals surface area contributed by atoms with Gasteiger partial charge < -0.3 is 15.2 Å². The molecule has 0 bridgehead atoms. The molecule has 1 aliphatic heterocycles. The summed E-state index contributed by atoms with van der Waals surface area (Å²) in [6, 6.07) is 6.53. The number of ether oxygens (including phenoxy) is 1. The standard InChI is InChI=1S/C16H23NO2/c18-12-16(6-1-7-16)11-17-8-4-13-2-3-15-14(10-13)5-9-19-15/h2-3,10,17-18H,1,4-9,11-12H2. The summed E-state index contributed by atoms with van der Waals surface area (Å²) in [5, 5.41) is 12.9. The minimum Gasteiger partial charge on any atom is -0.493 e. The largest absolute Gasteiger partial charge is 0.493 e. The number of benzene rings is 1. The van der Waals surface area contributed by atoms with Crippen molar-refractivity contribution >= 4 is 0 Å². The first-order valence-corrected chi connectivity index (χ1v) is 7.38. The van der Waals surface area contributed by atoms with E-state index in [4.69, 9.17) is 4.74 Å². The highest BCUT2D eigenvalue weighted by molar-refractivity contribution is 5.39. The molecule has 1 heterocycles. The summed E-state index contributed by atoms with van der Waals surface area (Å²) in [5.74, 6) is 1.06. The molecule has 0 unspecified atom stereocenters. The SMILES string of the molecule is OCC1(CNCCc2ccc3c(c2)CCO3)CCC1. The van der Waals surface area contributed by atoms with Crippen molar-refractivity contribution in [2.45, 2.75) is 32.1 Å². The van der Waals surface area contributed by atoms with E-state index in [9.17, 15) is 5.11 Å². The second-order valence-electron chi connectivity index (χ2n) is 5.98. The van der Waals surface area contributed by atoms with Gasteiger partial charge in [-0.05, 0) is 43.0 Å². The molecule has 2 aliphatic rings. The van der Waals surface area contributed by atoms with Gasteiger partial charge in [0, 0.05) is 25.0 Å². The molecule has 1 saturated carbocycles. The second kappa shape index (κ2) is 5.51. The fraction of sp³-hybridized carbons (Fsp3) is 0.625. The van der Waals surface area contributed by atoms with Crippen molar-refractivity contribution < 1.29 is 9.84 Å². The monoisotopic (exact) mass is 261 g/mol. The Balaban J connectivity index is 1.45. The van der Waals surface area contributed by atoms with Crippen LogP contribution in [0.2, 0.25) is 0 Å². The van der Waals surface area contributed by atoms with Gasteiger partial charge in [0.15, 0.2) is 0 Å². The molecule has 0 atom stereocenters. The van der Waals surface area contributed by atoms with Gasteiger partial charge in [0.25, 0.3) is 0 Å². The predicted octanol–water partition coefficient (Wildman–Crippen LogP) is 1.92. The van der Waals surface area contributed by atoms with Gasteiger partial charge in [-0.1, -0.05) is 18.6 Å². The Kier molecular flexibility index (Phi) is 3.76. The van der Waals surface area contributed by atoms with Crippen LogP contribution in [0.25, 0.3) is 0 Å². The zero-order valence-corrected chi connectivity index (χ0v) is 11.5. The van der Waals surface area contributed by atoms with E-state index < -0.39 is 0 Å². The average molecular weight is 261 g/mol. The number of hydrogen-bond acceptors (Lipinski definition) is 3. The van der Waals surface area contributed by atoms with E-state index in [0.717, 1.165) is 38.3 Å². The Bertz CT molecular complexity index is 435. The number of aliphatic hydroxyl groups excluding tert-OH is 1. The fourth-order valence-electron chi connectivity index (χ4n) is 3.05. The molecule has 3 heteroatoms. The molecule has 0 amide bonds. The molecule has 0 spiro atoms. The highest BCUT2D eigenvalue weighted by atomic mass is 16.5. The summed E-state index contributed by atoms with van der Waals surface area (Å²) in [7, 11) is 0. The molecule has 0 saturated heterocycles. The molecule has 1 aromatic rings. The van der Waals surface area contributed by atoms with Crippen LogP contribution in [0.4, 0.5) is 0 Å². The Morgan fingerprint density at radius 2 is 2.21 bits per heavy atom. The molecule has 3 rings (SSSR count). The Labute approximate surface area is 115 Å². The lowest BCUT2D eigenvalue weighted by atomic mass is 9.69. The van der Waals surface area contributed by atoms with Gasteiger partial charge in [-0.15, -0.1) is 0 Å². The highest BCUT2D eigenvalue weighted by Gasteiger charge is 2.35. The number of rotatable bonds is 6. The quantitative estimate of drug-likeness (QED) is 0.769. The Morgan fingerprint density at radius 3 is 2.95 bits per heavy atom. The normalized spacial score (nSPS) is 19.6. The second-order valence-corrected chi connectivity index (χ2v) is 5.98. The first-order valence-electron chi connectivity index (χ1n) is 7.38. The van der Waals surface area contributed by atoms with E-state index in [1.807, 2.05) is 0 Å². The predicted molar refractivity (Wildman–Crippen MR) is 75.6 cm³/mol. The lowest BCUT2D eigenvalue weighted by Gasteiger charge is -2.40. The van der Waals surface area contributed by atoms with Crippen LogP contribution in [0.3, 0.4) is 0 Å². The van der Waals surface area contributed by atoms with E-state index in [1.54, 1.807) is 0 Å². The van der Waals surface area contributed by atoms with Crippen molar-refractivity contribution in [3.8, 4) is 5.75 Å². The van der Waals surface area contributed by atoms with Gasteiger partial charge in [0.2, 0.25) is 0 Å².